The summed E-state index contributed by atoms with van der Waals surface area (Å²) >= 11 is 0. The predicted octanol–water partition coefficient (Wildman–Crippen LogP) is 0.926. The number of hydrogen-bond acceptors (Lipinski definition) is 4. The molecule has 0 aliphatic rings. The lowest BCUT2D eigenvalue weighted by molar-refractivity contribution is 0.0661. The van der Waals surface area contributed by atoms with Gasteiger partial charge in [-0.25, -0.2) is 14.5 Å². The van der Waals surface area contributed by atoms with Crippen molar-refractivity contribution in [3.05, 3.63) is 35.8 Å². The fourth-order valence-electron chi connectivity index (χ4n) is 1.27. The Kier molecular flexibility index (Phi) is 2.24. The number of carboxylic acid groups (broad SMARTS) is 1. The van der Waals surface area contributed by atoms with Crippen molar-refractivity contribution >= 4 is 5.97 Å². The third-order valence-electron chi connectivity index (χ3n) is 2.03. The smallest absolute Gasteiger partial charge is 0.371 e. The van der Waals surface area contributed by atoms with Crippen LogP contribution in [-0.4, -0.2) is 25.8 Å². The summed E-state index contributed by atoms with van der Waals surface area (Å²) in [6, 6.07) is 1.50. The Hall–Kier alpha value is -2.11. The number of rotatable bonds is 3. The van der Waals surface area contributed by atoms with E-state index in [1.165, 1.54) is 12.4 Å². The van der Waals surface area contributed by atoms with E-state index < -0.39 is 5.97 Å². The molecule has 0 fully saturated rings. The number of hydrogen-bond donors (Lipinski definition) is 1. The largest absolute Gasteiger partial charge is 0.475 e. The van der Waals surface area contributed by atoms with E-state index in [9.17, 15) is 4.79 Å². The number of carbonyl (C=O) groups is 1. The Labute approximate surface area is 85.2 Å². The molecule has 0 spiro atoms. The van der Waals surface area contributed by atoms with Crippen LogP contribution in [-0.2, 0) is 6.54 Å². The fraction of sp³-hybridized carbons (Fsp3) is 0.222. The molecule has 0 aliphatic heterocycles. The normalized spacial score (nSPS) is 10.5. The maximum Gasteiger partial charge on any atom is 0.371 e. The average Bonchev–Trinajstić information content (AvgIpc) is 2.77. The Morgan fingerprint density at radius 2 is 2.47 bits per heavy atom. The first-order chi connectivity index (χ1) is 7.16. The molecule has 0 bridgehead atoms. The van der Waals surface area contributed by atoms with Crippen LogP contribution in [0.1, 0.15) is 21.9 Å². The molecule has 6 nitrogen and oxygen atoms in total. The van der Waals surface area contributed by atoms with Gasteiger partial charge >= 0.3 is 5.97 Å². The van der Waals surface area contributed by atoms with Gasteiger partial charge in [0.25, 0.3) is 0 Å². The molecule has 78 valence electrons. The van der Waals surface area contributed by atoms with Gasteiger partial charge in [-0.15, -0.1) is 0 Å². The van der Waals surface area contributed by atoms with Crippen molar-refractivity contribution in [2.75, 3.05) is 0 Å². The van der Waals surface area contributed by atoms with E-state index in [4.69, 9.17) is 9.52 Å². The molecule has 0 amide bonds. The van der Waals surface area contributed by atoms with Crippen molar-refractivity contribution in [3.8, 4) is 0 Å². The minimum Gasteiger partial charge on any atom is -0.475 e. The third-order valence-corrected chi connectivity index (χ3v) is 2.03. The number of carboxylic acids is 1. The lowest BCUT2D eigenvalue weighted by Crippen LogP contribution is -2.00. The molecule has 0 aromatic carbocycles. The number of aromatic carboxylic acids is 1. The Morgan fingerprint density at radius 3 is 3.00 bits per heavy atom. The summed E-state index contributed by atoms with van der Waals surface area (Å²) in [6.45, 7) is 2.18. The minimum atomic E-state index is -1.07. The van der Waals surface area contributed by atoms with Crippen LogP contribution in [0.5, 0.6) is 0 Å². The van der Waals surface area contributed by atoms with Crippen LogP contribution in [0.25, 0.3) is 0 Å². The highest BCUT2D eigenvalue weighted by molar-refractivity contribution is 5.84. The van der Waals surface area contributed by atoms with E-state index in [0.717, 1.165) is 5.56 Å². The molecular weight excluding hydrogens is 198 g/mol. The van der Waals surface area contributed by atoms with Gasteiger partial charge in [0.2, 0.25) is 5.76 Å². The number of aryl methyl sites for hydroxylation is 1. The van der Waals surface area contributed by atoms with Crippen LogP contribution in [0.2, 0.25) is 0 Å². The van der Waals surface area contributed by atoms with Gasteiger partial charge in [0.1, 0.15) is 18.4 Å². The molecule has 2 aromatic heterocycles. The van der Waals surface area contributed by atoms with Gasteiger partial charge in [0.15, 0.2) is 0 Å². The van der Waals surface area contributed by atoms with Gasteiger partial charge in [-0.3, -0.25) is 0 Å². The zero-order chi connectivity index (χ0) is 10.8. The van der Waals surface area contributed by atoms with Crippen LogP contribution >= 0.6 is 0 Å². The van der Waals surface area contributed by atoms with E-state index >= 15 is 0 Å². The minimum absolute atomic E-state index is 0.0531. The monoisotopic (exact) mass is 207 g/mol. The van der Waals surface area contributed by atoms with Crippen molar-refractivity contribution in [3.63, 3.8) is 0 Å². The fourth-order valence-corrected chi connectivity index (χ4v) is 1.27. The standard InChI is InChI=1S/C9H9N3O3/c1-6-7(2-8(15-6)9(13)14)3-12-5-10-4-11-12/h2,4-5H,3H2,1H3,(H,13,14). The summed E-state index contributed by atoms with van der Waals surface area (Å²) in [5.74, 6) is -0.534. The van der Waals surface area contributed by atoms with Gasteiger partial charge in [-0.05, 0) is 13.0 Å². The first kappa shape index (κ1) is 9.45. The third kappa shape index (κ3) is 1.88. The van der Waals surface area contributed by atoms with E-state index in [1.54, 1.807) is 17.9 Å². The van der Waals surface area contributed by atoms with Crippen LogP contribution < -0.4 is 0 Å². The molecular formula is C9H9N3O3. The van der Waals surface area contributed by atoms with E-state index in [0.29, 0.717) is 12.3 Å². The molecule has 0 unspecified atom stereocenters. The van der Waals surface area contributed by atoms with E-state index in [-0.39, 0.29) is 5.76 Å². The summed E-state index contributed by atoms with van der Waals surface area (Å²) < 4.78 is 6.66. The molecule has 0 atom stereocenters. The summed E-state index contributed by atoms with van der Waals surface area (Å²) in [6.07, 6.45) is 2.99. The zero-order valence-electron chi connectivity index (χ0n) is 8.04. The van der Waals surface area contributed by atoms with Crippen LogP contribution in [0.15, 0.2) is 23.1 Å². The van der Waals surface area contributed by atoms with Crippen LogP contribution in [0.3, 0.4) is 0 Å². The highest BCUT2D eigenvalue weighted by Gasteiger charge is 2.13. The quantitative estimate of drug-likeness (QED) is 0.809. The summed E-state index contributed by atoms with van der Waals surface area (Å²) in [5, 5.41) is 12.6. The molecule has 2 aromatic rings. The second-order valence-corrected chi connectivity index (χ2v) is 3.09. The highest BCUT2D eigenvalue weighted by atomic mass is 16.4. The highest BCUT2D eigenvalue weighted by Crippen LogP contribution is 2.15. The summed E-state index contributed by atoms with van der Waals surface area (Å²) in [7, 11) is 0. The summed E-state index contributed by atoms with van der Waals surface area (Å²) in [4.78, 5) is 14.4. The number of furan rings is 1. The van der Waals surface area contributed by atoms with Crippen LogP contribution in [0.4, 0.5) is 0 Å². The SMILES string of the molecule is Cc1oc(C(=O)O)cc1Cn1cncn1. The predicted molar refractivity (Wildman–Crippen MR) is 49.5 cm³/mol. The Morgan fingerprint density at radius 1 is 1.67 bits per heavy atom. The van der Waals surface area contributed by atoms with Gasteiger partial charge < -0.3 is 9.52 Å². The number of aromatic nitrogens is 3. The lowest BCUT2D eigenvalue weighted by Gasteiger charge is -1.96. The molecule has 15 heavy (non-hydrogen) atoms. The molecule has 0 aliphatic carbocycles. The topological polar surface area (TPSA) is 81.1 Å². The van der Waals surface area contributed by atoms with Gasteiger partial charge in [-0.2, -0.15) is 5.10 Å². The lowest BCUT2D eigenvalue weighted by atomic mass is 10.2. The molecule has 0 saturated carbocycles. The van der Waals surface area contributed by atoms with Crippen molar-refractivity contribution in [2.45, 2.75) is 13.5 Å². The van der Waals surface area contributed by atoms with Crippen molar-refractivity contribution in [1.82, 2.24) is 14.8 Å². The molecule has 6 heteroatoms. The second-order valence-electron chi connectivity index (χ2n) is 3.09. The first-order valence-corrected chi connectivity index (χ1v) is 4.32. The van der Waals surface area contributed by atoms with Crippen LogP contribution in [0, 0.1) is 6.92 Å². The average molecular weight is 207 g/mol. The van der Waals surface area contributed by atoms with Gasteiger partial charge in [-0.1, -0.05) is 0 Å². The number of nitrogens with zero attached hydrogens (tertiary/aromatic N) is 3. The molecule has 1 N–H and O–H groups in total. The first-order valence-electron chi connectivity index (χ1n) is 4.32. The second kappa shape index (κ2) is 3.56. The van der Waals surface area contributed by atoms with Gasteiger partial charge in [0.05, 0.1) is 6.54 Å². The van der Waals surface area contributed by atoms with E-state index in [2.05, 4.69) is 10.1 Å². The molecule has 0 radical (unpaired) electrons. The van der Waals surface area contributed by atoms with Crippen molar-refractivity contribution < 1.29 is 14.3 Å². The van der Waals surface area contributed by atoms with E-state index in [1.807, 2.05) is 0 Å². The Balaban J connectivity index is 2.25. The maximum atomic E-state index is 10.6. The molecule has 0 saturated heterocycles. The molecule has 2 rings (SSSR count). The Bertz CT molecular complexity index is 473. The van der Waals surface area contributed by atoms with Gasteiger partial charge in [0, 0.05) is 5.56 Å². The summed E-state index contributed by atoms with van der Waals surface area (Å²) in [5.41, 5.74) is 0.790. The molecule has 2 heterocycles. The van der Waals surface area contributed by atoms with Crippen molar-refractivity contribution in [1.29, 1.82) is 0 Å². The zero-order valence-corrected chi connectivity index (χ0v) is 8.04. The van der Waals surface area contributed by atoms with Crippen molar-refractivity contribution in [2.24, 2.45) is 0 Å². The maximum absolute atomic E-state index is 10.6.